The molecule has 29 heavy (non-hydrogen) atoms. The predicted octanol–water partition coefficient (Wildman–Crippen LogP) is 5.14. The molecule has 2 heterocycles. The second-order valence-electron chi connectivity index (χ2n) is 7.47. The summed E-state index contributed by atoms with van der Waals surface area (Å²) in [6.45, 7) is 8.12. The van der Waals surface area contributed by atoms with Crippen molar-refractivity contribution in [1.29, 1.82) is 0 Å². The van der Waals surface area contributed by atoms with Gasteiger partial charge in [-0.2, -0.15) is 0 Å². The maximum Gasteiger partial charge on any atom is 0.322 e. The second-order valence-corrected chi connectivity index (χ2v) is 7.47. The van der Waals surface area contributed by atoms with E-state index in [0.717, 1.165) is 34.8 Å². The summed E-state index contributed by atoms with van der Waals surface area (Å²) < 4.78 is 7.80. The monoisotopic (exact) mass is 389 g/mol. The van der Waals surface area contributed by atoms with Gasteiger partial charge in [0.05, 0.1) is 12.6 Å². The van der Waals surface area contributed by atoms with Gasteiger partial charge in [0.2, 0.25) is 0 Å². The van der Waals surface area contributed by atoms with Crippen LogP contribution in [0.2, 0.25) is 0 Å². The van der Waals surface area contributed by atoms with Gasteiger partial charge in [0.1, 0.15) is 5.75 Å². The Balaban J connectivity index is 1.64. The van der Waals surface area contributed by atoms with Gasteiger partial charge in [0.25, 0.3) is 0 Å². The quantitative estimate of drug-likeness (QED) is 0.671. The molecule has 1 atom stereocenters. The summed E-state index contributed by atoms with van der Waals surface area (Å²) in [4.78, 5) is 15.2. The highest BCUT2D eigenvalue weighted by atomic mass is 16.5. The summed E-state index contributed by atoms with van der Waals surface area (Å²) >= 11 is 0. The number of urea groups is 1. The molecular weight excluding hydrogens is 362 g/mol. The Bertz CT molecular complexity index is 1010. The van der Waals surface area contributed by atoms with Crippen molar-refractivity contribution >= 4 is 11.7 Å². The molecule has 2 aromatic carbocycles. The van der Waals surface area contributed by atoms with Crippen molar-refractivity contribution in [3.8, 4) is 5.75 Å². The third-order valence-corrected chi connectivity index (χ3v) is 5.43. The summed E-state index contributed by atoms with van der Waals surface area (Å²) in [5.74, 6) is 0.841. The van der Waals surface area contributed by atoms with E-state index in [4.69, 9.17) is 4.74 Å². The zero-order valence-corrected chi connectivity index (χ0v) is 17.2. The standard InChI is InChI=1S/C24H27N3O2/c1-4-29-20-10-8-19(9-11-20)23-22-6-5-13-26(22)14-15-27(23)24(28)25-21-12-7-17(2)16-18(21)3/h5-13,16,23H,4,14-15H2,1-3H3,(H,25,28). The third kappa shape index (κ3) is 3.86. The number of aromatic nitrogens is 1. The average Bonchev–Trinajstić information content (AvgIpc) is 3.19. The summed E-state index contributed by atoms with van der Waals surface area (Å²) in [5.41, 5.74) is 5.30. The summed E-state index contributed by atoms with van der Waals surface area (Å²) in [7, 11) is 0. The van der Waals surface area contributed by atoms with E-state index in [9.17, 15) is 4.79 Å². The second kappa shape index (κ2) is 8.03. The van der Waals surface area contributed by atoms with E-state index in [-0.39, 0.29) is 12.1 Å². The average molecular weight is 389 g/mol. The van der Waals surface area contributed by atoms with Crippen molar-refractivity contribution in [3.05, 3.63) is 83.2 Å². The molecule has 0 saturated heterocycles. The van der Waals surface area contributed by atoms with Crippen LogP contribution in [0.3, 0.4) is 0 Å². The number of nitrogens with zero attached hydrogens (tertiary/aromatic N) is 2. The van der Waals surface area contributed by atoms with Crippen LogP contribution in [-0.2, 0) is 6.54 Å². The van der Waals surface area contributed by atoms with Gasteiger partial charge in [-0.1, -0.05) is 29.8 Å². The highest BCUT2D eigenvalue weighted by Crippen LogP contribution is 2.34. The smallest absolute Gasteiger partial charge is 0.322 e. The van der Waals surface area contributed by atoms with Gasteiger partial charge in [-0.3, -0.25) is 0 Å². The molecule has 2 amide bonds. The number of benzene rings is 2. The Morgan fingerprint density at radius 3 is 2.62 bits per heavy atom. The van der Waals surface area contributed by atoms with E-state index in [2.05, 4.69) is 47.3 Å². The third-order valence-electron chi connectivity index (χ3n) is 5.43. The van der Waals surface area contributed by atoms with Gasteiger partial charge in [-0.05, 0) is 62.2 Å². The Labute approximate surface area is 171 Å². The lowest BCUT2D eigenvalue weighted by Crippen LogP contribution is -2.44. The number of anilines is 1. The van der Waals surface area contributed by atoms with E-state index >= 15 is 0 Å². The Kier molecular flexibility index (Phi) is 5.30. The molecule has 1 aliphatic heterocycles. The van der Waals surface area contributed by atoms with Crippen molar-refractivity contribution < 1.29 is 9.53 Å². The van der Waals surface area contributed by atoms with E-state index in [1.165, 1.54) is 5.56 Å². The van der Waals surface area contributed by atoms with E-state index in [1.54, 1.807) is 0 Å². The molecule has 1 aromatic heterocycles. The SMILES string of the molecule is CCOc1ccc(C2c3cccn3CCN2C(=O)Nc2ccc(C)cc2C)cc1. The maximum atomic E-state index is 13.3. The molecule has 0 aliphatic carbocycles. The summed E-state index contributed by atoms with van der Waals surface area (Å²) in [5, 5.41) is 3.11. The van der Waals surface area contributed by atoms with E-state index in [0.29, 0.717) is 13.2 Å². The van der Waals surface area contributed by atoms with Crippen LogP contribution in [0.4, 0.5) is 10.5 Å². The van der Waals surface area contributed by atoms with Crippen LogP contribution >= 0.6 is 0 Å². The molecule has 0 bridgehead atoms. The topological polar surface area (TPSA) is 46.5 Å². The number of hydrogen-bond donors (Lipinski definition) is 1. The lowest BCUT2D eigenvalue weighted by molar-refractivity contribution is 0.182. The lowest BCUT2D eigenvalue weighted by Gasteiger charge is -2.37. The summed E-state index contributed by atoms with van der Waals surface area (Å²) in [6.07, 6.45) is 2.08. The van der Waals surface area contributed by atoms with Gasteiger partial charge in [-0.25, -0.2) is 4.79 Å². The molecule has 0 radical (unpaired) electrons. The first-order valence-corrected chi connectivity index (χ1v) is 10.1. The highest BCUT2D eigenvalue weighted by molar-refractivity contribution is 5.90. The van der Waals surface area contributed by atoms with E-state index < -0.39 is 0 Å². The van der Waals surface area contributed by atoms with Crippen LogP contribution in [0.1, 0.15) is 35.3 Å². The van der Waals surface area contributed by atoms with Crippen LogP contribution in [-0.4, -0.2) is 28.6 Å². The fraction of sp³-hybridized carbons (Fsp3) is 0.292. The number of rotatable bonds is 4. The lowest BCUT2D eigenvalue weighted by atomic mass is 10.00. The fourth-order valence-electron chi connectivity index (χ4n) is 4.01. The van der Waals surface area contributed by atoms with Crippen LogP contribution in [0.25, 0.3) is 0 Å². The van der Waals surface area contributed by atoms with Crippen molar-refractivity contribution in [3.63, 3.8) is 0 Å². The van der Waals surface area contributed by atoms with Crippen LogP contribution in [0, 0.1) is 13.8 Å². The Morgan fingerprint density at radius 2 is 1.90 bits per heavy atom. The molecule has 0 spiro atoms. The largest absolute Gasteiger partial charge is 0.494 e. The fourth-order valence-corrected chi connectivity index (χ4v) is 4.01. The highest BCUT2D eigenvalue weighted by Gasteiger charge is 2.32. The minimum atomic E-state index is -0.139. The number of hydrogen-bond acceptors (Lipinski definition) is 2. The van der Waals surface area contributed by atoms with Gasteiger partial charge >= 0.3 is 6.03 Å². The molecule has 1 aliphatic rings. The number of aryl methyl sites for hydroxylation is 2. The normalized spacial score (nSPS) is 15.7. The van der Waals surface area contributed by atoms with Crippen molar-refractivity contribution in [2.45, 2.75) is 33.4 Å². The minimum Gasteiger partial charge on any atom is -0.494 e. The first-order chi connectivity index (χ1) is 14.1. The van der Waals surface area contributed by atoms with Crippen LogP contribution in [0.15, 0.2) is 60.8 Å². The number of fused-ring (bicyclic) bond motifs is 1. The number of nitrogens with one attached hydrogen (secondary N) is 1. The Morgan fingerprint density at radius 1 is 1.10 bits per heavy atom. The number of ether oxygens (including phenoxy) is 1. The predicted molar refractivity (Wildman–Crippen MR) is 116 cm³/mol. The Hall–Kier alpha value is -3.21. The molecule has 5 heteroatoms. The molecule has 0 fully saturated rings. The summed E-state index contributed by atoms with van der Waals surface area (Å²) in [6, 6.07) is 18.0. The number of carbonyl (C=O) groups is 1. The zero-order valence-electron chi connectivity index (χ0n) is 17.2. The molecule has 1 unspecified atom stereocenters. The van der Waals surface area contributed by atoms with Gasteiger partial charge in [0.15, 0.2) is 0 Å². The van der Waals surface area contributed by atoms with Crippen molar-refractivity contribution in [2.75, 3.05) is 18.5 Å². The van der Waals surface area contributed by atoms with Crippen molar-refractivity contribution in [1.82, 2.24) is 9.47 Å². The molecule has 150 valence electrons. The van der Waals surface area contributed by atoms with Crippen LogP contribution < -0.4 is 10.1 Å². The number of amides is 2. The van der Waals surface area contributed by atoms with Gasteiger partial charge in [0, 0.05) is 30.7 Å². The number of carbonyl (C=O) groups excluding carboxylic acids is 1. The van der Waals surface area contributed by atoms with Crippen LogP contribution in [0.5, 0.6) is 5.75 Å². The zero-order chi connectivity index (χ0) is 20.4. The molecule has 1 N–H and O–H groups in total. The maximum absolute atomic E-state index is 13.3. The molecular formula is C24H27N3O2. The molecule has 3 aromatic rings. The minimum absolute atomic E-state index is 0.0803. The van der Waals surface area contributed by atoms with Gasteiger partial charge in [-0.15, -0.1) is 0 Å². The first-order valence-electron chi connectivity index (χ1n) is 10.1. The molecule has 0 saturated carbocycles. The molecule has 4 rings (SSSR count). The molecule has 5 nitrogen and oxygen atoms in total. The first kappa shape index (κ1) is 19.1. The van der Waals surface area contributed by atoms with Gasteiger partial charge < -0.3 is 19.5 Å². The van der Waals surface area contributed by atoms with Crippen molar-refractivity contribution in [2.24, 2.45) is 0 Å². The van der Waals surface area contributed by atoms with E-state index in [1.807, 2.05) is 49.1 Å².